The Hall–Kier alpha value is -0.320. The molecule has 13 heavy (non-hydrogen) atoms. The van der Waals surface area contributed by atoms with Crippen molar-refractivity contribution in [1.82, 2.24) is 0 Å². The second kappa shape index (κ2) is 3.44. The lowest BCUT2D eigenvalue weighted by Crippen LogP contribution is -2.31. The summed E-state index contributed by atoms with van der Waals surface area (Å²) in [6.07, 6.45) is 2.96. The van der Waals surface area contributed by atoms with E-state index in [2.05, 4.69) is 15.9 Å². The van der Waals surface area contributed by atoms with Crippen LogP contribution in [0.1, 0.15) is 12.0 Å². The fourth-order valence-electron chi connectivity index (χ4n) is 1.55. The van der Waals surface area contributed by atoms with Crippen LogP contribution in [-0.4, -0.2) is 23.9 Å². The molecular formula is C9H11BrO3. The first-order valence-electron chi connectivity index (χ1n) is 4.21. The molecule has 0 saturated carbocycles. The highest BCUT2D eigenvalue weighted by Gasteiger charge is 2.32. The molecule has 1 aliphatic rings. The van der Waals surface area contributed by atoms with E-state index in [9.17, 15) is 5.11 Å². The number of furan rings is 1. The van der Waals surface area contributed by atoms with Crippen molar-refractivity contribution in [2.75, 3.05) is 13.2 Å². The van der Waals surface area contributed by atoms with Gasteiger partial charge in [0.25, 0.3) is 0 Å². The molecular weight excluding hydrogens is 236 g/mol. The highest BCUT2D eigenvalue weighted by molar-refractivity contribution is 9.10. The molecule has 1 aromatic heterocycles. The van der Waals surface area contributed by atoms with Crippen LogP contribution in [0.2, 0.25) is 0 Å². The summed E-state index contributed by atoms with van der Waals surface area (Å²) in [5.41, 5.74) is 0.309. The van der Waals surface area contributed by atoms with Crippen molar-refractivity contribution in [3.8, 4) is 0 Å². The van der Waals surface area contributed by atoms with Gasteiger partial charge in [0.15, 0.2) is 4.67 Å². The summed E-state index contributed by atoms with van der Waals surface area (Å²) in [6, 6.07) is 1.87. The summed E-state index contributed by atoms with van der Waals surface area (Å²) in [5, 5.41) is 9.97. The molecule has 3 nitrogen and oxygen atoms in total. The van der Waals surface area contributed by atoms with Crippen LogP contribution < -0.4 is 0 Å². The van der Waals surface area contributed by atoms with Crippen molar-refractivity contribution in [2.45, 2.75) is 18.4 Å². The molecule has 1 saturated heterocycles. The molecule has 4 heteroatoms. The first-order valence-corrected chi connectivity index (χ1v) is 5.00. The molecule has 1 aromatic rings. The monoisotopic (exact) mass is 246 g/mol. The van der Waals surface area contributed by atoms with E-state index in [4.69, 9.17) is 9.15 Å². The van der Waals surface area contributed by atoms with Crippen LogP contribution in [0.25, 0.3) is 0 Å². The van der Waals surface area contributed by atoms with Crippen molar-refractivity contribution < 1.29 is 14.3 Å². The highest BCUT2D eigenvalue weighted by atomic mass is 79.9. The molecule has 0 aliphatic carbocycles. The van der Waals surface area contributed by atoms with Crippen molar-refractivity contribution in [3.05, 3.63) is 22.6 Å². The standard InChI is InChI=1S/C9H11BrO3/c10-8-3-7(5-13-8)4-9(11)1-2-12-6-9/h3,5,11H,1-2,4,6H2. The van der Waals surface area contributed by atoms with Crippen LogP contribution in [0, 0.1) is 0 Å². The number of aliphatic hydroxyl groups is 1. The smallest absolute Gasteiger partial charge is 0.169 e. The van der Waals surface area contributed by atoms with Gasteiger partial charge in [0.2, 0.25) is 0 Å². The quantitative estimate of drug-likeness (QED) is 0.865. The van der Waals surface area contributed by atoms with Crippen LogP contribution in [0.15, 0.2) is 21.4 Å². The van der Waals surface area contributed by atoms with E-state index in [1.165, 1.54) is 0 Å². The third kappa shape index (κ3) is 2.13. The maximum Gasteiger partial charge on any atom is 0.169 e. The minimum atomic E-state index is -0.691. The van der Waals surface area contributed by atoms with Crippen molar-refractivity contribution in [2.24, 2.45) is 0 Å². The summed E-state index contributed by atoms with van der Waals surface area (Å²) in [7, 11) is 0. The zero-order valence-electron chi connectivity index (χ0n) is 7.12. The van der Waals surface area contributed by atoms with Gasteiger partial charge >= 0.3 is 0 Å². The van der Waals surface area contributed by atoms with Gasteiger partial charge in [-0.05, 0) is 27.6 Å². The maximum absolute atomic E-state index is 9.97. The molecule has 1 aliphatic heterocycles. The second-order valence-corrected chi connectivity index (χ2v) is 4.24. The zero-order chi connectivity index (χ0) is 9.31. The van der Waals surface area contributed by atoms with E-state index in [0.717, 1.165) is 5.56 Å². The zero-order valence-corrected chi connectivity index (χ0v) is 8.71. The van der Waals surface area contributed by atoms with Gasteiger partial charge in [-0.25, -0.2) is 0 Å². The minimum absolute atomic E-state index is 0.426. The maximum atomic E-state index is 9.97. The van der Waals surface area contributed by atoms with Crippen LogP contribution >= 0.6 is 15.9 Å². The predicted molar refractivity (Wildman–Crippen MR) is 50.5 cm³/mol. The normalized spacial score (nSPS) is 28.2. The van der Waals surface area contributed by atoms with Crippen LogP contribution in [-0.2, 0) is 11.2 Å². The SMILES string of the molecule is OC1(Cc2coc(Br)c2)CCOC1. The molecule has 1 unspecified atom stereocenters. The topological polar surface area (TPSA) is 42.6 Å². The fraction of sp³-hybridized carbons (Fsp3) is 0.556. The molecule has 1 atom stereocenters. The minimum Gasteiger partial charge on any atom is -0.457 e. The van der Waals surface area contributed by atoms with Crippen LogP contribution in [0.5, 0.6) is 0 Å². The number of halogens is 1. The van der Waals surface area contributed by atoms with Gasteiger partial charge in [0.05, 0.1) is 18.5 Å². The van der Waals surface area contributed by atoms with Gasteiger partial charge in [0.1, 0.15) is 0 Å². The molecule has 0 radical (unpaired) electrons. The number of hydrogen-bond acceptors (Lipinski definition) is 3. The summed E-state index contributed by atoms with van der Waals surface area (Å²) in [6.45, 7) is 1.07. The molecule has 1 N–H and O–H groups in total. The lowest BCUT2D eigenvalue weighted by Gasteiger charge is -2.18. The largest absolute Gasteiger partial charge is 0.457 e. The van der Waals surface area contributed by atoms with E-state index in [0.29, 0.717) is 30.7 Å². The summed E-state index contributed by atoms with van der Waals surface area (Å²) in [4.78, 5) is 0. The van der Waals surface area contributed by atoms with Crippen molar-refractivity contribution in [1.29, 1.82) is 0 Å². The predicted octanol–water partition coefficient (Wildman–Crippen LogP) is 1.74. The van der Waals surface area contributed by atoms with E-state index in [-0.39, 0.29) is 0 Å². The average Bonchev–Trinajstić information content (AvgIpc) is 2.62. The Morgan fingerprint density at radius 3 is 3.00 bits per heavy atom. The van der Waals surface area contributed by atoms with Gasteiger partial charge in [-0.2, -0.15) is 0 Å². The Morgan fingerprint density at radius 2 is 2.46 bits per heavy atom. The van der Waals surface area contributed by atoms with Gasteiger partial charge in [-0.15, -0.1) is 0 Å². The van der Waals surface area contributed by atoms with Gasteiger partial charge in [-0.1, -0.05) is 0 Å². The molecule has 2 heterocycles. The third-order valence-electron chi connectivity index (χ3n) is 2.24. The summed E-state index contributed by atoms with van der Waals surface area (Å²) < 4.78 is 10.9. The molecule has 0 spiro atoms. The van der Waals surface area contributed by atoms with Gasteiger partial charge in [-0.3, -0.25) is 0 Å². The molecule has 1 fully saturated rings. The molecule has 2 rings (SSSR count). The lowest BCUT2D eigenvalue weighted by molar-refractivity contribution is 0.0269. The third-order valence-corrected chi connectivity index (χ3v) is 2.65. The number of rotatable bonds is 2. The van der Waals surface area contributed by atoms with E-state index in [1.807, 2.05) is 6.07 Å². The van der Waals surface area contributed by atoms with Crippen molar-refractivity contribution in [3.63, 3.8) is 0 Å². The van der Waals surface area contributed by atoms with Crippen LogP contribution in [0.3, 0.4) is 0 Å². The van der Waals surface area contributed by atoms with Crippen LogP contribution in [0.4, 0.5) is 0 Å². The Bertz CT molecular complexity index is 289. The fourth-order valence-corrected chi connectivity index (χ4v) is 1.94. The highest BCUT2D eigenvalue weighted by Crippen LogP contribution is 2.25. The summed E-state index contributed by atoms with van der Waals surface area (Å²) >= 11 is 3.22. The number of hydrogen-bond donors (Lipinski definition) is 1. The van der Waals surface area contributed by atoms with E-state index in [1.54, 1.807) is 6.26 Å². The Kier molecular flexibility index (Phi) is 2.45. The van der Waals surface area contributed by atoms with E-state index < -0.39 is 5.60 Å². The van der Waals surface area contributed by atoms with Gasteiger partial charge in [0, 0.05) is 19.4 Å². The average molecular weight is 247 g/mol. The Balaban J connectivity index is 2.04. The Morgan fingerprint density at radius 1 is 1.62 bits per heavy atom. The first-order chi connectivity index (χ1) is 6.18. The second-order valence-electron chi connectivity index (χ2n) is 3.46. The Labute approximate surface area is 84.8 Å². The first kappa shape index (κ1) is 9.24. The van der Waals surface area contributed by atoms with Crippen molar-refractivity contribution >= 4 is 15.9 Å². The molecule has 0 bridgehead atoms. The molecule has 0 amide bonds. The molecule has 0 aromatic carbocycles. The van der Waals surface area contributed by atoms with E-state index >= 15 is 0 Å². The molecule has 72 valence electrons. The summed E-state index contributed by atoms with van der Waals surface area (Å²) in [5.74, 6) is 0. The number of ether oxygens (including phenoxy) is 1. The van der Waals surface area contributed by atoms with Gasteiger partial charge < -0.3 is 14.3 Å². The lowest BCUT2D eigenvalue weighted by atomic mass is 9.96.